The van der Waals surface area contributed by atoms with Crippen molar-refractivity contribution < 1.29 is 0 Å². The molecule has 1 aromatic heterocycles. The molecule has 0 radical (unpaired) electrons. The maximum Gasteiger partial charge on any atom is 0.0882 e. The molecule has 4 nitrogen and oxygen atoms in total. The van der Waals surface area contributed by atoms with E-state index >= 15 is 0 Å². The maximum absolute atomic E-state index is 6.23. The first-order chi connectivity index (χ1) is 7.63. The molecular weight excluding hydrogens is 224 g/mol. The molecule has 84 valence electrons. The van der Waals surface area contributed by atoms with E-state index in [4.69, 9.17) is 17.3 Å². The topological polar surface area (TPSA) is 56.7 Å². The maximum atomic E-state index is 6.23. The van der Waals surface area contributed by atoms with Gasteiger partial charge in [-0.3, -0.25) is 0 Å². The standard InChI is InChI=1S/C11H13ClN4/c1-7-3-8(2)11(10(12)4-7)16-9(5-13)6-14-15-16/h3-4,6H,5,13H2,1-2H3. The lowest BCUT2D eigenvalue weighted by Crippen LogP contribution is -2.09. The normalized spacial score (nSPS) is 10.8. The zero-order chi connectivity index (χ0) is 11.7. The molecule has 0 unspecified atom stereocenters. The Bertz CT molecular complexity index is 495. The minimum absolute atomic E-state index is 0.386. The molecule has 0 fully saturated rings. The molecule has 0 aliphatic carbocycles. The third-order valence-electron chi connectivity index (χ3n) is 2.44. The van der Waals surface area contributed by atoms with E-state index in [-0.39, 0.29) is 0 Å². The van der Waals surface area contributed by atoms with Crippen molar-refractivity contribution in [2.45, 2.75) is 20.4 Å². The summed E-state index contributed by atoms with van der Waals surface area (Å²) in [5.41, 5.74) is 9.50. The van der Waals surface area contributed by atoms with Gasteiger partial charge < -0.3 is 5.73 Å². The summed E-state index contributed by atoms with van der Waals surface area (Å²) in [4.78, 5) is 0. The van der Waals surface area contributed by atoms with Gasteiger partial charge in [-0.15, -0.1) is 5.10 Å². The highest BCUT2D eigenvalue weighted by Crippen LogP contribution is 2.26. The van der Waals surface area contributed by atoms with Crippen LogP contribution in [0.15, 0.2) is 18.3 Å². The van der Waals surface area contributed by atoms with E-state index in [1.54, 1.807) is 10.9 Å². The number of nitrogens with two attached hydrogens (primary N) is 1. The summed E-state index contributed by atoms with van der Waals surface area (Å²) in [5, 5.41) is 8.52. The van der Waals surface area contributed by atoms with Crippen molar-refractivity contribution in [3.8, 4) is 5.69 Å². The third kappa shape index (κ3) is 1.81. The first kappa shape index (κ1) is 11.1. The van der Waals surface area contributed by atoms with Crippen LogP contribution in [0.1, 0.15) is 16.8 Å². The van der Waals surface area contributed by atoms with Gasteiger partial charge in [0, 0.05) is 6.54 Å². The van der Waals surface area contributed by atoms with E-state index in [9.17, 15) is 0 Å². The first-order valence-corrected chi connectivity index (χ1v) is 5.38. The van der Waals surface area contributed by atoms with E-state index in [1.807, 2.05) is 19.9 Å². The van der Waals surface area contributed by atoms with Crippen LogP contribution in [0.25, 0.3) is 5.69 Å². The number of rotatable bonds is 2. The first-order valence-electron chi connectivity index (χ1n) is 5.00. The van der Waals surface area contributed by atoms with Gasteiger partial charge in [0.15, 0.2) is 0 Å². The smallest absolute Gasteiger partial charge is 0.0882 e. The molecule has 0 amide bonds. The Kier molecular flexibility index (Phi) is 2.94. The number of benzene rings is 1. The fourth-order valence-electron chi connectivity index (χ4n) is 1.76. The summed E-state index contributed by atoms with van der Waals surface area (Å²) in [5.74, 6) is 0. The molecule has 2 N–H and O–H groups in total. The largest absolute Gasteiger partial charge is 0.325 e. The van der Waals surface area contributed by atoms with Gasteiger partial charge in [0.25, 0.3) is 0 Å². The van der Waals surface area contributed by atoms with Gasteiger partial charge in [-0.05, 0) is 31.0 Å². The average molecular weight is 237 g/mol. The van der Waals surface area contributed by atoms with Gasteiger partial charge in [0.05, 0.1) is 22.6 Å². The second kappa shape index (κ2) is 4.23. The van der Waals surface area contributed by atoms with Crippen LogP contribution in [0, 0.1) is 13.8 Å². The van der Waals surface area contributed by atoms with Crippen molar-refractivity contribution in [1.82, 2.24) is 15.0 Å². The van der Waals surface area contributed by atoms with E-state index in [2.05, 4.69) is 16.4 Å². The highest BCUT2D eigenvalue weighted by molar-refractivity contribution is 6.32. The van der Waals surface area contributed by atoms with Crippen molar-refractivity contribution in [3.05, 3.63) is 40.2 Å². The zero-order valence-corrected chi connectivity index (χ0v) is 9.99. The second-order valence-corrected chi connectivity index (χ2v) is 4.16. The quantitative estimate of drug-likeness (QED) is 0.868. The van der Waals surface area contributed by atoms with Crippen molar-refractivity contribution in [3.63, 3.8) is 0 Å². The molecule has 2 rings (SSSR count). The van der Waals surface area contributed by atoms with Crippen LogP contribution in [0.3, 0.4) is 0 Å². The average Bonchev–Trinajstić information content (AvgIpc) is 2.64. The lowest BCUT2D eigenvalue weighted by molar-refractivity contribution is 0.757. The minimum atomic E-state index is 0.386. The molecule has 0 saturated carbocycles. The predicted octanol–water partition coefficient (Wildman–Crippen LogP) is 2.00. The number of halogens is 1. The third-order valence-corrected chi connectivity index (χ3v) is 2.73. The Balaban J connectivity index is 2.64. The molecule has 1 heterocycles. The van der Waals surface area contributed by atoms with Gasteiger partial charge in [0.1, 0.15) is 0 Å². The Morgan fingerprint density at radius 3 is 2.75 bits per heavy atom. The fraction of sp³-hybridized carbons (Fsp3) is 0.273. The summed E-state index contributed by atoms with van der Waals surface area (Å²) in [6, 6.07) is 3.97. The molecule has 0 spiro atoms. The van der Waals surface area contributed by atoms with Crippen LogP contribution in [0.2, 0.25) is 5.02 Å². The zero-order valence-electron chi connectivity index (χ0n) is 9.24. The highest BCUT2D eigenvalue weighted by atomic mass is 35.5. The molecule has 0 atom stereocenters. The molecule has 0 aliphatic rings. The van der Waals surface area contributed by atoms with Gasteiger partial charge >= 0.3 is 0 Å². The monoisotopic (exact) mass is 236 g/mol. The predicted molar refractivity (Wildman–Crippen MR) is 63.7 cm³/mol. The molecule has 5 heteroatoms. The minimum Gasteiger partial charge on any atom is -0.325 e. The molecule has 1 aromatic carbocycles. The Morgan fingerprint density at radius 1 is 1.38 bits per heavy atom. The number of hydrogen-bond donors (Lipinski definition) is 1. The highest BCUT2D eigenvalue weighted by Gasteiger charge is 2.11. The van der Waals surface area contributed by atoms with Crippen LogP contribution in [0.5, 0.6) is 0 Å². The van der Waals surface area contributed by atoms with Crippen LogP contribution in [-0.4, -0.2) is 15.0 Å². The molecule has 0 bridgehead atoms. The molecule has 2 aromatic rings. The Hall–Kier alpha value is -1.39. The molecule has 0 saturated heterocycles. The van der Waals surface area contributed by atoms with E-state index < -0.39 is 0 Å². The summed E-state index contributed by atoms with van der Waals surface area (Å²) in [7, 11) is 0. The number of hydrogen-bond acceptors (Lipinski definition) is 3. The lowest BCUT2D eigenvalue weighted by Gasteiger charge is -2.11. The van der Waals surface area contributed by atoms with Crippen molar-refractivity contribution in [1.29, 1.82) is 0 Å². The van der Waals surface area contributed by atoms with E-state index in [1.165, 1.54) is 0 Å². The van der Waals surface area contributed by atoms with Crippen LogP contribution in [-0.2, 0) is 6.54 Å². The Morgan fingerprint density at radius 2 is 2.12 bits per heavy atom. The van der Waals surface area contributed by atoms with Gasteiger partial charge in [0.2, 0.25) is 0 Å². The second-order valence-electron chi connectivity index (χ2n) is 3.75. The summed E-state index contributed by atoms with van der Waals surface area (Å²) in [6.07, 6.45) is 1.65. The van der Waals surface area contributed by atoms with Gasteiger partial charge in [-0.2, -0.15) is 0 Å². The lowest BCUT2D eigenvalue weighted by atomic mass is 10.1. The number of aromatic nitrogens is 3. The van der Waals surface area contributed by atoms with E-state index in [0.29, 0.717) is 11.6 Å². The summed E-state index contributed by atoms with van der Waals surface area (Å²) in [6.45, 7) is 4.39. The Labute approximate surface area is 99.0 Å². The van der Waals surface area contributed by atoms with Crippen molar-refractivity contribution in [2.24, 2.45) is 5.73 Å². The SMILES string of the molecule is Cc1cc(C)c(-n2nncc2CN)c(Cl)c1. The molecular formula is C11H13ClN4. The van der Waals surface area contributed by atoms with Crippen LogP contribution in [0.4, 0.5) is 0 Å². The van der Waals surface area contributed by atoms with Crippen LogP contribution < -0.4 is 5.73 Å². The summed E-state index contributed by atoms with van der Waals surface area (Å²) >= 11 is 6.23. The number of nitrogens with zero attached hydrogens (tertiary/aromatic N) is 3. The molecule has 16 heavy (non-hydrogen) atoms. The van der Waals surface area contributed by atoms with Gasteiger partial charge in [-0.25, -0.2) is 4.68 Å². The number of aryl methyl sites for hydroxylation is 2. The van der Waals surface area contributed by atoms with Crippen molar-refractivity contribution >= 4 is 11.6 Å². The van der Waals surface area contributed by atoms with Crippen molar-refractivity contribution in [2.75, 3.05) is 0 Å². The van der Waals surface area contributed by atoms with Gasteiger partial charge in [-0.1, -0.05) is 22.9 Å². The molecule has 0 aliphatic heterocycles. The van der Waals surface area contributed by atoms with E-state index in [0.717, 1.165) is 22.5 Å². The van der Waals surface area contributed by atoms with Crippen LogP contribution >= 0.6 is 11.6 Å². The fourth-order valence-corrected chi connectivity index (χ4v) is 2.16. The summed E-state index contributed by atoms with van der Waals surface area (Å²) < 4.78 is 1.69.